The SMILES string of the molecule is Cc1cc(C)c2c(c1C)OCC[C@H]2N. The number of hydrogen-bond acceptors (Lipinski definition) is 2. The topological polar surface area (TPSA) is 35.2 Å². The van der Waals surface area contributed by atoms with Crippen LogP contribution in [0.5, 0.6) is 5.75 Å². The first-order chi connectivity index (χ1) is 6.61. The molecule has 0 saturated carbocycles. The van der Waals surface area contributed by atoms with Crippen molar-refractivity contribution in [2.45, 2.75) is 33.2 Å². The van der Waals surface area contributed by atoms with E-state index < -0.39 is 0 Å². The molecule has 1 aromatic carbocycles. The largest absolute Gasteiger partial charge is 0.493 e. The molecule has 76 valence electrons. The minimum Gasteiger partial charge on any atom is -0.493 e. The van der Waals surface area contributed by atoms with Crippen LogP contribution in [0.4, 0.5) is 0 Å². The highest BCUT2D eigenvalue weighted by molar-refractivity contribution is 5.51. The minimum atomic E-state index is 0.151. The summed E-state index contributed by atoms with van der Waals surface area (Å²) in [5.74, 6) is 1.03. The predicted molar refractivity (Wildman–Crippen MR) is 57.7 cm³/mol. The highest BCUT2D eigenvalue weighted by Gasteiger charge is 2.22. The first-order valence-electron chi connectivity index (χ1n) is 5.10. The van der Waals surface area contributed by atoms with E-state index in [0.29, 0.717) is 0 Å². The second-order valence-electron chi connectivity index (χ2n) is 4.12. The first-order valence-corrected chi connectivity index (χ1v) is 5.10. The molecule has 2 heteroatoms. The Morgan fingerprint density at radius 1 is 1.29 bits per heavy atom. The molecule has 1 atom stereocenters. The van der Waals surface area contributed by atoms with Crippen molar-refractivity contribution in [3.05, 3.63) is 28.3 Å². The van der Waals surface area contributed by atoms with Crippen LogP contribution in [0.3, 0.4) is 0 Å². The summed E-state index contributed by atoms with van der Waals surface area (Å²) in [5, 5.41) is 0. The van der Waals surface area contributed by atoms with E-state index in [-0.39, 0.29) is 6.04 Å². The number of fused-ring (bicyclic) bond motifs is 1. The highest BCUT2D eigenvalue weighted by Crippen LogP contribution is 2.37. The molecule has 1 aliphatic rings. The van der Waals surface area contributed by atoms with Crippen LogP contribution in [0.25, 0.3) is 0 Å². The van der Waals surface area contributed by atoms with Crippen molar-refractivity contribution < 1.29 is 4.74 Å². The van der Waals surface area contributed by atoms with Gasteiger partial charge in [-0.15, -0.1) is 0 Å². The zero-order chi connectivity index (χ0) is 10.3. The molecule has 0 spiro atoms. The van der Waals surface area contributed by atoms with Gasteiger partial charge in [0.05, 0.1) is 6.61 Å². The van der Waals surface area contributed by atoms with Crippen LogP contribution in [-0.4, -0.2) is 6.61 Å². The molecule has 14 heavy (non-hydrogen) atoms. The molecule has 2 N–H and O–H groups in total. The molecule has 0 amide bonds. The van der Waals surface area contributed by atoms with Gasteiger partial charge in [0, 0.05) is 18.0 Å². The van der Waals surface area contributed by atoms with Crippen molar-refractivity contribution in [1.29, 1.82) is 0 Å². The highest BCUT2D eigenvalue weighted by atomic mass is 16.5. The van der Waals surface area contributed by atoms with Crippen molar-refractivity contribution >= 4 is 0 Å². The van der Waals surface area contributed by atoms with Crippen molar-refractivity contribution in [3.8, 4) is 5.75 Å². The Kier molecular flexibility index (Phi) is 2.23. The summed E-state index contributed by atoms with van der Waals surface area (Å²) >= 11 is 0. The molecule has 2 nitrogen and oxygen atoms in total. The third-order valence-corrected chi connectivity index (χ3v) is 3.08. The summed E-state index contributed by atoms with van der Waals surface area (Å²) in [6, 6.07) is 2.35. The Bertz CT molecular complexity index is 371. The maximum Gasteiger partial charge on any atom is 0.127 e. The van der Waals surface area contributed by atoms with Gasteiger partial charge < -0.3 is 10.5 Å². The molecule has 0 radical (unpaired) electrons. The summed E-state index contributed by atoms with van der Waals surface area (Å²) in [6.07, 6.45) is 0.927. The minimum absolute atomic E-state index is 0.151. The Hall–Kier alpha value is -1.02. The van der Waals surface area contributed by atoms with E-state index in [1.807, 2.05) is 0 Å². The van der Waals surface area contributed by atoms with E-state index in [0.717, 1.165) is 18.8 Å². The first kappa shape index (κ1) is 9.53. The third-order valence-electron chi connectivity index (χ3n) is 3.08. The molecule has 0 bridgehead atoms. The molecule has 1 aliphatic heterocycles. The molecular weight excluding hydrogens is 174 g/mol. The number of aryl methyl sites for hydroxylation is 2. The zero-order valence-electron chi connectivity index (χ0n) is 9.05. The lowest BCUT2D eigenvalue weighted by Crippen LogP contribution is -2.22. The molecule has 0 aliphatic carbocycles. The summed E-state index contributed by atoms with van der Waals surface area (Å²) in [5.41, 5.74) is 11.1. The summed E-state index contributed by atoms with van der Waals surface area (Å²) in [6.45, 7) is 7.08. The van der Waals surface area contributed by atoms with Gasteiger partial charge in [-0.1, -0.05) is 6.07 Å². The molecule has 2 rings (SSSR count). The van der Waals surface area contributed by atoms with Gasteiger partial charge in [0.1, 0.15) is 5.75 Å². The fourth-order valence-electron chi connectivity index (χ4n) is 2.15. The van der Waals surface area contributed by atoms with Gasteiger partial charge in [-0.3, -0.25) is 0 Å². The Morgan fingerprint density at radius 3 is 2.71 bits per heavy atom. The molecular formula is C12H17NO. The van der Waals surface area contributed by atoms with E-state index >= 15 is 0 Å². The van der Waals surface area contributed by atoms with Crippen LogP contribution < -0.4 is 10.5 Å². The number of nitrogens with two attached hydrogens (primary N) is 1. The van der Waals surface area contributed by atoms with Crippen LogP contribution in [0.15, 0.2) is 6.07 Å². The molecule has 1 aromatic rings. The van der Waals surface area contributed by atoms with E-state index in [2.05, 4.69) is 26.8 Å². The van der Waals surface area contributed by atoms with E-state index in [4.69, 9.17) is 10.5 Å². The summed E-state index contributed by atoms with van der Waals surface area (Å²) in [4.78, 5) is 0. The second kappa shape index (κ2) is 3.28. The van der Waals surface area contributed by atoms with Gasteiger partial charge in [-0.05, 0) is 37.5 Å². The van der Waals surface area contributed by atoms with Crippen molar-refractivity contribution in [2.24, 2.45) is 5.73 Å². The van der Waals surface area contributed by atoms with Crippen molar-refractivity contribution in [3.63, 3.8) is 0 Å². The van der Waals surface area contributed by atoms with E-state index in [1.165, 1.54) is 22.3 Å². The van der Waals surface area contributed by atoms with Crippen LogP contribution in [0, 0.1) is 20.8 Å². The van der Waals surface area contributed by atoms with Crippen LogP contribution >= 0.6 is 0 Å². The van der Waals surface area contributed by atoms with Crippen molar-refractivity contribution in [1.82, 2.24) is 0 Å². The van der Waals surface area contributed by atoms with Crippen LogP contribution in [0.1, 0.15) is 34.7 Å². The molecule has 0 saturated heterocycles. The van der Waals surface area contributed by atoms with Gasteiger partial charge in [-0.2, -0.15) is 0 Å². The maximum absolute atomic E-state index is 6.09. The maximum atomic E-state index is 6.09. The average Bonchev–Trinajstić information content (AvgIpc) is 2.14. The van der Waals surface area contributed by atoms with Crippen LogP contribution in [0.2, 0.25) is 0 Å². The van der Waals surface area contributed by atoms with E-state index in [9.17, 15) is 0 Å². The normalized spacial score (nSPS) is 20.1. The standard InChI is InChI=1S/C12H17NO/c1-7-6-8(2)11-10(13)4-5-14-12(11)9(7)3/h6,10H,4-5,13H2,1-3H3/t10-/m1/s1. The molecule has 0 aromatic heterocycles. The monoisotopic (exact) mass is 191 g/mol. The molecule has 1 heterocycles. The smallest absolute Gasteiger partial charge is 0.127 e. The number of ether oxygens (including phenoxy) is 1. The van der Waals surface area contributed by atoms with Gasteiger partial charge >= 0.3 is 0 Å². The molecule has 0 fully saturated rings. The summed E-state index contributed by atoms with van der Waals surface area (Å²) in [7, 11) is 0. The van der Waals surface area contributed by atoms with Gasteiger partial charge in [0.2, 0.25) is 0 Å². The molecule has 0 unspecified atom stereocenters. The lowest BCUT2D eigenvalue weighted by Gasteiger charge is -2.27. The predicted octanol–water partition coefficient (Wildman–Crippen LogP) is 2.39. The second-order valence-corrected chi connectivity index (χ2v) is 4.12. The Balaban J connectivity index is 2.66. The number of hydrogen-bond donors (Lipinski definition) is 1. The number of benzene rings is 1. The summed E-state index contributed by atoms with van der Waals surface area (Å²) < 4.78 is 5.71. The third kappa shape index (κ3) is 1.30. The Morgan fingerprint density at radius 2 is 2.00 bits per heavy atom. The fourth-order valence-corrected chi connectivity index (χ4v) is 2.15. The van der Waals surface area contributed by atoms with Gasteiger partial charge in [0.15, 0.2) is 0 Å². The van der Waals surface area contributed by atoms with Crippen molar-refractivity contribution in [2.75, 3.05) is 6.61 Å². The van der Waals surface area contributed by atoms with E-state index in [1.54, 1.807) is 0 Å². The number of rotatable bonds is 0. The zero-order valence-corrected chi connectivity index (χ0v) is 9.05. The quantitative estimate of drug-likeness (QED) is 0.683. The Labute approximate surface area is 85.1 Å². The lowest BCUT2D eigenvalue weighted by atomic mass is 9.92. The van der Waals surface area contributed by atoms with Gasteiger partial charge in [-0.25, -0.2) is 0 Å². The fraction of sp³-hybridized carbons (Fsp3) is 0.500. The van der Waals surface area contributed by atoms with Crippen LogP contribution in [-0.2, 0) is 0 Å². The lowest BCUT2D eigenvalue weighted by molar-refractivity contribution is 0.266. The van der Waals surface area contributed by atoms with Gasteiger partial charge in [0.25, 0.3) is 0 Å². The average molecular weight is 191 g/mol.